The Hall–Kier alpha value is -1.90. The Bertz CT molecular complexity index is 501. The molecule has 0 heterocycles. The van der Waals surface area contributed by atoms with Gasteiger partial charge in [-0.3, -0.25) is 0 Å². The lowest BCUT2D eigenvalue weighted by Crippen LogP contribution is -2.27. The molecule has 0 bridgehead atoms. The summed E-state index contributed by atoms with van der Waals surface area (Å²) in [6.45, 7) is 0.447. The van der Waals surface area contributed by atoms with Gasteiger partial charge in [-0.2, -0.15) is 18.4 Å². The molecule has 0 radical (unpaired) electrons. The molecular formula is C13H14F3N3. The van der Waals surface area contributed by atoms with Crippen LogP contribution < -0.4 is 10.6 Å². The summed E-state index contributed by atoms with van der Waals surface area (Å²) in [5.41, 5.74) is 4.78. The maximum atomic E-state index is 12.8. The second kappa shape index (κ2) is 5.00. The highest BCUT2D eigenvalue weighted by atomic mass is 19.4. The molecule has 0 unspecified atom stereocenters. The summed E-state index contributed by atoms with van der Waals surface area (Å²) < 4.78 is 38.4. The molecular weight excluding hydrogens is 255 g/mol. The number of halogens is 3. The average Bonchev–Trinajstić information content (AvgIpc) is 3.14. The van der Waals surface area contributed by atoms with Crippen LogP contribution in [0, 0.1) is 11.3 Å². The highest BCUT2D eigenvalue weighted by molar-refractivity contribution is 5.60. The van der Waals surface area contributed by atoms with Crippen molar-refractivity contribution in [2.24, 2.45) is 0 Å². The summed E-state index contributed by atoms with van der Waals surface area (Å²) in [7, 11) is 0. The maximum Gasteiger partial charge on any atom is 0.418 e. The van der Waals surface area contributed by atoms with Gasteiger partial charge in [-0.05, 0) is 31.0 Å². The molecule has 1 aromatic carbocycles. The molecule has 0 aliphatic heterocycles. The van der Waals surface area contributed by atoms with Crippen LogP contribution in [-0.2, 0) is 6.18 Å². The van der Waals surface area contributed by atoms with Crippen molar-refractivity contribution in [3.8, 4) is 6.07 Å². The van der Waals surface area contributed by atoms with E-state index in [-0.39, 0.29) is 11.7 Å². The van der Waals surface area contributed by atoms with Crippen LogP contribution in [0.15, 0.2) is 18.2 Å². The third kappa shape index (κ3) is 3.11. The topological polar surface area (TPSA) is 53.0 Å². The van der Waals surface area contributed by atoms with Crippen molar-refractivity contribution in [2.75, 3.05) is 17.2 Å². The third-order valence-electron chi connectivity index (χ3n) is 3.13. The number of nitrogens with zero attached hydrogens (tertiary/aromatic N) is 2. The van der Waals surface area contributed by atoms with E-state index in [0.29, 0.717) is 18.7 Å². The number of nitrogen functional groups attached to an aromatic ring is 1. The minimum atomic E-state index is -4.45. The van der Waals surface area contributed by atoms with E-state index in [1.807, 2.05) is 11.0 Å². The van der Waals surface area contributed by atoms with Crippen molar-refractivity contribution < 1.29 is 13.2 Å². The first-order valence-corrected chi connectivity index (χ1v) is 6.04. The van der Waals surface area contributed by atoms with Crippen molar-refractivity contribution in [3.63, 3.8) is 0 Å². The smallest absolute Gasteiger partial charge is 0.398 e. The van der Waals surface area contributed by atoms with Crippen molar-refractivity contribution >= 4 is 11.4 Å². The lowest BCUT2D eigenvalue weighted by Gasteiger charge is -2.25. The quantitative estimate of drug-likeness (QED) is 0.854. The minimum absolute atomic E-state index is 0.248. The van der Waals surface area contributed by atoms with E-state index in [0.717, 1.165) is 18.9 Å². The predicted molar refractivity (Wildman–Crippen MR) is 66.5 cm³/mol. The lowest BCUT2D eigenvalue weighted by molar-refractivity contribution is -0.136. The molecule has 1 aliphatic carbocycles. The SMILES string of the molecule is N#CCCN(c1ccc(N)c(C(F)(F)F)c1)C1CC1. The summed E-state index contributed by atoms with van der Waals surface area (Å²) >= 11 is 0. The van der Waals surface area contributed by atoms with E-state index in [9.17, 15) is 13.2 Å². The summed E-state index contributed by atoms with van der Waals surface area (Å²) in [4.78, 5) is 1.86. The first kappa shape index (κ1) is 13.5. The Morgan fingerprint density at radius 2 is 2.05 bits per heavy atom. The van der Waals surface area contributed by atoms with E-state index >= 15 is 0 Å². The number of nitrogens with two attached hydrogens (primary N) is 1. The molecule has 0 saturated heterocycles. The summed E-state index contributed by atoms with van der Waals surface area (Å²) in [5, 5.41) is 8.62. The zero-order valence-electron chi connectivity index (χ0n) is 10.2. The number of alkyl halides is 3. The van der Waals surface area contributed by atoms with Gasteiger partial charge in [0.2, 0.25) is 0 Å². The number of hydrogen-bond acceptors (Lipinski definition) is 3. The van der Waals surface area contributed by atoms with Gasteiger partial charge >= 0.3 is 6.18 Å². The fraction of sp³-hybridized carbons (Fsp3) is 0.462. The Labute approximate surface area is 109 Å². The molecule has 2 rings (SSSR count). The fourth-order valence-electron chi connectivity index (χ4n) is 2.05. The zero-order valence-corrected chi connectivity index (χ0v) is 10.2. The highest BCUT2D eigenvalue weighted by Gasteiger charge is 2.35. The van der Waals surface area contributed by atoms with Gasteiger partial charge in [-0.15, -0.1) is 0 Å². The molecule has 19 heavy (non-hydrogen) atoms. The molecule has 6 heteroatoms. The largest absolute Gasteiger partial charge is 0.418 e. The molecule has 2 N–H and O–H groups in total. The van der Waals surface area contributed by atoms with Crippen LogP contribution in [0.3, 0.4) is 0 Å². The van der Waals surface area contributed by atoms with E-state index < -0.39 is 11.7 Å². The van der Waals surface area contributed by atoms with Crippen molar-refractivity contribution in [3.05, 3.63) is 23.8 Å². The Balaban J connectivity index is 2.30. The van der Waals surface area contributed by atoms with Gasteiger partial charge in [0.15, 0.2) is 0 Å². The number of rotatable bonds is 4. The molecule has 0 atom stereocenters. The lowest BCUT2D eigenvalue weighted by atomic mass is 10.1. The summed E-state index contributed by atoms with van der Waals surface area (Å²) in [6, 6.07) is 6.20. The molecule has 102 valence electrons. The second-order valence-corrected chi connectivity index (χ2v) is 4.60. The molecule has 0 aromatic heterocycles. The van der Waals surface area contributed by atoms with Crippen LogP contribution >= 0.6 is 0 Å². The number of benzene rings is 1. The van der Waals surface area contributed by atoms with Gasteiger partial charge in [-0.1, -0.05) is 0 Å². The molecule has 3 nitrogen and oxygen atoms in total. The summed E-state index contributed by atoms with van der Waals surface area (Å²) in [5.74, 6) is 0. The highest BCUT2D eigenvalue weighted by Crippen LogP contribution is 2.38. The van der Waals surface area contributed by atoms with Crippen LogP contribution in [0.1, 0.15) is 24.8 Å². The van der Waals surface area contributed by atoms with Crippen molar-refractivity contribution in [1.29, 1.82) is 5.26 Å². The van der Waals surface area contributed by atoms with E-state index in [1.54, 1.807) is 6.07 Å². The fourth-order valence-corrected chi connectivity index (χ4v) is 2.05. The van der Waals surface area contributed by atoms with E-state index in [4.69, 9.17) is 11.0 Å². The monoisotopic (exact) mass is 269 g/mol. The van der Waals surface area contributed by atoms with Crippen LogP contribution in [0.5, 0.6) is 0 Å². The minimum Gasteiger partial charge on any atom is -0.398 e. The van der Waals surface area contributed by atoms with Crippen LogP contribution in [-0.4, -0.2) is 12.6 Å². The Morgan fingerprint density at radius 1 is 1.37 bits per heavy atom. The van der Waals surface area contributed by atoms with Crippen LogP contribution in [0.2, 0.25) is 0 Å². The standard InChI is InChI=1S/C13H14F3N3/c14-13(15,16)11-8-10(4-5-12(11)18)19(7-1-6-17)9-2-3-9/h4-5,8-9H,1-3,7,18H2. The van der Waals surface area contributed by atoms with Gasteiger partial charge in [0.1, 0.15) is 0 Å². The van der Waals surface area contributed by atoms with Gasteiger partial charge in [0.05, 0.1) is 18.1 Å². The van der Waals surface area contributed by atoms with E-state index in [2.05, 4.69) is 0 Å². The molecule has 1 saturated carbocycles. The number of anilines is 2. The zero-order chi connectivity index (χ0) is 14.0. The first-order valence-electron chi connectivity index (χ1n) is 6.04. The molecule has 1 aromatic rings. The normalized spacial score (nSPS) is 15.1. The first-order chi connectivity index (χ1) is 8.93. The predicted octanol–water partition coefficient (Wildman–Crippen LogP) is 3.17. The average molecular weight is 269 g/mol. The van der Waals surface area contributed by atoms with Crippen LogP contribution in [0.4, 0.5) is 24.5 Å². The number of hydrogen-bond donors (Lipinski definition) is 1. The van der Waals surface area contributed by atoms with Gasteiger partial charge in [-0.25, -0.2) is 0 Å². The van der Waals surface area contributed by atoms with E-state index in [1.165, 1.54) is 6.07 Å². The van der Waals surface area contributed by atoms with Gasteiger partial charge in [0, 0.05) is 24.0 Å². The maximum absolute atomic E-state index is 12.8. The third-order valence-corrected chi connectivity index (χ3v) is 3.13. The van der Waals surface area contributed by atoms with Crippen molar-refractivity contribution in [2.45, 2.75) is 31.5 Å². The number of nitriles is 1. The van der Waals surface area contributed by atoms with Crippen LogP contribution in [0.25, 0.3) is 0 Å². The second-order valence-electron chi connectivity index (χ2n) is 4.60. The molecule has 0 spiro atoms. The van der Waals surface area contributed by atoms with Gasteiger partial charge < -0.3 is 10.6 Å². The summed E-state index contributed by atoms with van der Waals surface area (Å²) in [6.07, 6.45) is -2.25. The van der Waals surface area contributed by atoms with Crippen molar-refractivity contribution in [1.82, 2.24) is 0 Å². The Kier molecular flexibility index (Phi) is 3.56. The Morgan fingerprint density at radius 3 is 2.58 bits per heavy atom. The molecule has 1 aliphatic rings. The van der Waals surface area contributed by atoms with Gasteiger partial charge in [0.25, 0.3) is 0 Å². The molecule has 1 fully saturated rings. The molecule has 0 amide bonds.